The second-order valence-electron chi connectivity index (χ2n) is 5.72. The maximum absolute atomic E-state index is 12.1. The van der Waals surface area contributed by atoms with Crippen LogP contribution in [0.25, 0.3) is 22.6 Å². The van der Waals surface area contributed by atoms with Crippen molar-refractivity contribution in [1.29, 1.82) is 0 Å². The number of rotatable bonds is 5. The number of oxazole rings is 1. The zero-order chi connectivity index (χ0) is 18.6. The fourth-order valence-corrected chi connectivity index (χ4v) is 2.71. The maximum Gasteiger partial charge on any atom is 0.262 e. The molecule has 7 heteroatoms. The number of halogens is 1. The number of carbonyl (C=O) groups excluding carboxylic acids is 1. The van der Waals surface area contributed by atoms with E-state index in [1.54, 1.807) is 42.7 Å². The molecule has 2 aromatic carbocycles. The van der Waals surface area contributed by atoms with Gasteiger partial charge in [-0.1, -0.05) is 35.9 Å². The van der Waals surface area contributed by atoms with E-state index in [-0.39, 0.29) is 12.5 Å². The second-order valence-corrected chi connectivity index (χ2v) is 6.12. The Kier molecular flexibility index (Phi) is 4.72. The Bertz CT molecular complexity index is 1080. The topological polar surface area (TPSA) is 77.2 Å². The smallest absolute Gasteiger partial charge is 0.262 e. The van der Waals surface area contributed by atoms with E-state index < -0.39 is 0 Å². The molecule has 1 N–H and O–H groups in total. The molecule has 4 aromatic rings. The normalized spacial score (nSPS) is 10.7. The molecule has 2 heterocycles. The Morgan fingerprint density at radius 3 is 2.78 bits per heavy atom. The molecule has 0 saturated heterocycles. The Morgan fingerprint density at radius 1 is 1.11 bits per heavy atom. The van der Waals surface area contributed by atoms with Gasteiger partial charge in [-0.25, -0.2) is 4.98 Å². The van der Waals surface area contributed by atoms with Gasteiger partial charge < -0.3 is 14.5 Å². The van der Waals surface area contributed by atoms with Gasteiger partial charge in [0.15, 0.2) is 12.2 Å². The summed E-state index contributed by atoms with van der Waals surface area (Å²) in [6.45, 7) is -0.170. The van der Waals surface area contributed by atoms with Crippen molar-refractivity contribution in [2.75, 3.05) is 11.9 Å². The Balaban J connectivity index is 1.46. The lowest BCUT2D eigenvalue weighted by Crippen LogP contribution is -2.20. The van der Waals surface area contributed by atoms with Crippen LogP contribution in [0.1, 0.15) is 0 Å². The van der Waals surface area contributed by atoms with E-state index in [9.17, 15) is 4.79 Å². The SMILES string of the molecule is O=C(COc1ccccc1Cl)Nc1cncc(-c2nc3ccccc3o2)c1. The predicted molar refractivity (Wildman–Crippen MR) is 103 cm³/mol. The molecular formula is C20H14ClN3O3. The second kappa shape index (κ2) is 7.47. The summed E-state index contributed by atoms with van der Waals surface area (Å²) < 4.78 is 11.2. The zero-order valence-electron chi connectivity index (χ0n) is 14.1. The van der Waals surface area contributed by atoms with Crippen molar-refractivity contribution < 1.29 is 13.9 Å². The summed E-state index contributed by atoms with van der Waals surface area (Å²) >= 11 is 6.01. The van der Waals surface area contributed by atoms with Crippen molar-refractivity contribution in [3.05, 3.63) is 72.0 Å². The molecule has 6 nitrogen and oxygen atoms in total. The van der Waals surface area contributed by atoms with Crippen LogP contribution < -0.4 is 10.1 Å². The van der Waals surface area contributed by atoms with Crippen LogP contribution in [0.3, 0.4) is 0 Å². The van der Waals surface area contributed by atoms with E-state index in [0.29, 0.717) is 33.5 Å². The minimum Gasteiger partial charge on any atom is -0.482 e. The molecule has 0 radical (unpaired) electrons. The number of hydrogen-bond acceptors (Lipinski definition) is 5. The highest BCUT2D eigenvalue weighted by Gasteiger charge is 2.11. The number of fused-ring (bicyclic) bond motifs is 1. The van der Waals surface area contributed by atoms with Crippen molar-refractivity contribution in [1.82, 2.24) is 9.97 Å². The van der Waals surface area contributed by atoms with Gasteiger partial charge in [0.25, 0.3) is 5.91 Å². The summed E-state index contributed by atoms with van der Waals surface area (Å²) in [5, 5.41) is 3.19. The quantitative estimate of drug-likeness (QED) is 0.550. The highest BCUT2D eigenvalue weighted by atomic mass is 35.5. The van der Waals surface area contributed by atoms with E-state index in [2.05, 4.69) is 15.3 Å². The fraction of sp³-hybridized carbons (Fsp3) is 0.0500. The lowest BCUT2D eigenvalue weighted by atomic mass is 10.2. The predicted octanol–water partition coefficient (Wildman–Crippen LogP) is 4.56. The monoisotopic (exact) mass is 379 g/mol. The molecule has 0 spiro atoms. The summed E-state index contributed by atoms with van der Waals surface area (Å²) in [5.74, 6) is 0.561. The van der Waals surface area contributed by atoms with Gasteiger partial charge in [0.1, 0.15) is 11.3 Å². The van der Waals surface area contributed by atoms with Crippen LogP contribution in [-0.2, 0) is 4.79 Å². The lowest BCUT2D eigenvalue weighted by Gasteiger charge is -2.08. The van der Waals surface area contributed by atoms with Crippen LogP contribution >= 0.6 is 11.6 Å². The molecule has 2 aromatic heterocycles. The number of hydrogen-bond donors (Lipinski definition) is 1. The van der Waals surface area contributed by atoms with Crippen LogP contribution in [0.5, 0.6) is 5.75 Å². The molecule has 0 bridgehead atoms. The molecule has 0 atom stereocenters. The Hall–Kier alpha value is -3.38. The molecule has 0 fully saturated rings. The highest BCUT2D eigenvalue weighted by Crippen LogP contribution is 2.25. The van der Waals surface area contributed by atoms with Gasteiger partial charge in [-0.05, 0) is 30.3 Å². The first-order valence-electron chi connectivity index (χ1n) is 8.17. The summed E-state index contributed by atoms with van der Waals surface area (Å²) in [4.78, 5) is 20.7. The molecule has 4 rings (SSSR count). The van der Waals surface area contributed by atoms with Crippen LogP contribution in [0.4, 0.5) is 5.69 Å². The van der Waals surface area contributed by atoms with Crippen LogP contribution in [0.2, 0.25) is 5.02 Å². The van der Waals surface area contributed by atoms with Gasteiger partial charge in [-0.2, -0.15) is 0 Å². The third-order valence-corrected chi connectivity index (χ3v) is 4.07. The summed E-state index contributed by atoms with van der Waals surface area (Å²) in [6, 6.07) is 16.2. The standard InChI is InChI=1S/C20H14ClN3O3/c21-15-5-1-3-7-17(15)26-12-19(25)23-14-9-13(10-22-11-14)20-24-16-6-2-4-8-18(16)27-20/h1-11H,12H2,(H,23,25). The number of anilines is 1. The third-order valence-electron chi connectivity index (χ3n) is 3.76. The highest BCUT2D eigenvalue weighted by molar-refractivity contribution is 6.32. The third kappa shape index (κ3) is 3.91. The minimum absolute atomic E-state index is 0.170. The van der Waals surface area contributed by atoms with E-state index >= 15 is 0 Å². The fourth-order valence-electron chi connectivity index (χ4n) is 2.52. The molecule has 0 aliphatic carbocycles. The molecule has 27 heavy (non-hydrogen) atoms. The van der Waals surface area contributed by atoms with Gasteiger partial charge in [0.05, 0.1) is 22.5 Å². The molecule has 0 saturated carbocycles. The van der Waals surface area contributed by atoms with Gasteiger partial charge in [-0.3, -0.25) is 9.78 Å². The number of pyridine rings is 1. The van der Waals surface area contributed by atoms with Gasteiger partial charge in [-0.15, -0.1) is 0 Å². The van der Waals surface area contributed by atoms with E-state index in [1.165, 1.54) is 0 Å². The number of ether oxygens (including phenoxy) is 1. The van der Waals surface area contributed by atoms with Gasteiger partial charge in [0.2, 0.25) is 5.89 Å². The Labute approximate surface area is 159 Å². The number of nitrogens with one attached hydrogen (secondary N) is 1. The number of aromatic nitrogens is 2. The van der Waals surface area contributed by atoms with Gasteiger partial charge in [0, 0.05) is 6.20 Å². The summed E-state index contributed by atoms with van der Waals surface area (Å²) in [6.07, 6.45) is 3.17. The van der Waals surface area contributed by atoms with Crippen molar-refractivity contribution in [2.45, 2.75) is 0 Å². The number of nitrogens with zero attached hydrogens (tertiary/aromatic N) is 2. The zero-order valence-corrected chi connectivity index (χ0v) is 14.8. The van der Waals surface area contributed by atoms with Crippen LogP contribution in [0, 0.1) is 0 Å². The maximum atomic E-state index is 12.1. The summed E-state index contributed by atoms with van der Waals surface area (Å²) in [5.41, 5.74) is 2.63. The lowest BCUT2D eigenvalue weighted by molar-refractivity contribution is -0.118. The van der Waals surface area contributed by atoms with E-state index in [1.807, 2.05) is 24.3 Å². The largest absolute Gasteiger partial charge is 0.482 e. The average molecular weight is 380 g/mol. The van der Waals surface area contributed by atoms with Gasteiger partial charge >= 0.3 is 0 Å². The Morgan fingerprint density at radius 2 is 1.93 bits per heavy atom. The number of para-hydroxylation sites is 3. The number of carbonyl (C=O) groups is 1. The van der Waals surface area contributed by atoms with Crippen molar-refractivity contribution in [2.24, 2.45) is 0 Å². The first-order chi connectivity index (χ1) is 13.2. The molecule has 1 amide bonds. The average Bonchev–Trinajstić information content (AvgIpc) is 3.12. The number of amides is 1. The first kappa shape index (κ1) is 17.1. The first-order valence-corrected chi connectivity index (χ1v) is 8.55. The van der Waals surface area contributed by atoms with E-state index in [4.69, 9.17) is 20.8 Å². The molecule has 0 aliphatic rings. The van der Waals surface area contributed by atoms with Crippen LogP contribution in [0.15, 0.2) is 71.4 Å². The summed E-state index contributed by atoms with van der Waals surface area (Å²) in [7, 11) is 0. The van der Waals surface area contributed by atoms with Crippen molar-refractivity contribution >= 4 is 34.3 Å². The minimum atomic E-state index is -0.327. The molecular weight excluding hydrogens is 366 g/mol. The molecule has 0 unspecified atom stereocenters. The molecule has 0 aliphatic heterocycles. The van der Waals surface area contributed by atoms with Crippen LogP contribution in [-0.4, -0.2) is 22.5 Å². The number of benzene rings is 2. The molecule has 134 valence electrons. The van der Waals surface area contributed by atoms with Crippen molar-refractivity contribution in [3.63, 3.8) is 0 Å². The van der Waals surface area contributed by atoms with E-state index in [0.717, 1.165) is 5.52 Å². The van der Waals surface area contributed by atoms with Crippen molar-refractivity contribution in [3.8, 4) is 17.2 Å².